The van der Waals surface area contributed by atoms with E-state index in [-0.39, 0.29) is 23.0 Å². The summed E-state index contributed by atoms with van der Waals surface area (Å²) in [6, 6.07) is 16.5. The maximum atomic E-state index is 13.8. The number of amides is 1. The number of aryl methyl sites for hydroxylation is 2. The van der Waals surface area contributed by atoms with Crippen LogP contribution < -0.4 is 4.90 Å². The van der Waals surface area contributed by atoms with Gasteiger partial charge in [0.1, 0.15) is 11.6 Å². The summed E-state index contributed by atoms with van der Waals surface area (Å²) in [4.78, 5) is 40.1. The minimum absolute atomic E-state index is 0.0973. The highest BCUT2D eigenvalue weighted by molar-refractivity contribution is 6.51. The number of benzene rings is 3. The third kappa shape index (κ3) is 4.64. The van der Waals surface area contributed by atoms with Gasteiger partial charge >= 0.3 is 5.97 Å². The maximum absolute atomic E-state index is 13.8. The van der Waals surface area contributed by atoms with Gasteiger partial charge in [-0.15, -0.1) is 0 Å². The van der Waals surface area contributed by atoms with Gasteiger partial charge < -0.3 is 9.84 Å². The Kier molecular flexibility index (Phi) is 6.75. The molecule has 1 aliphatic heterocycles. The molecule has 0 aromatic heterocycles. The van der Waals surface area contributed by atoms with Crippen molar-refractivity contribution in [3.8, 4) is 0 Å². The lowest BCUT2D eigenvalue weighted by molar-refractivity contribution is -0.132. The Hall–Kier alpha value is -4.26. The fourth-order valence-corrected chi connectivity index (χ4v) is 4.24. The van der Waals surface area contributed by atoms with Gasteiger partial charge in [-0.1, -0.05) is 29.8 Å². The molecule has 1 aliphatic rings. The summed E-state index contributed by atoms with van der Waals surface area (Å²) in [7, 11) is 0. The molecular weight excluding hydrogens is 461 g/mol. The Balaban J connectivity index is 1.86. The van der Waals surface area contributed by atoms with Gasteiger partial charge in [0.25, 0.3) is 11.7 Å². The van der Waals surface area contributed by atoms with Gasteiger partial charge in [-0.2, -0.15) is 0 Å². The molecule has 1 heterocycles. The fraction of sp³-hybridized carbons (Fsp3) is 0.207. The molecular formula is C29H26FNO5. The first-order chi connectivity index (χ1) is 17.1. The largest absolute Gasteiger partial charge is 0.507 e. The van der Waals surface area contributed by atoms with E-state index in [2.05, 4.69) is 0 Å². The molecule has 0 radical (unpaired) electrons. The SMILES string of the molecule is Cc1cccc(C2/C(=C(/O)c3ccc(F)c(C)c3)C(=O)C(=O)N2c2ccc(C(=O)OC(C)C)cc2)c1. The number of aliphatic hydroxyl groups is 1. The molecule has 0 bridgehead atoms. The van der Waals surface area contributed by atoms with E-state index in [0.29, 0.717) is 22.4 Å². The van der Waals surface area contributed by atoms with Crippen LogP contribution in [-0.4, -0.2) is 28.9 Å². The normalized spacial score (nSPS) is 17.1. The van der Waals surface area contributed by atoms with Gasteiger partial charge in [0.2, 0.25) is 0 Å². The van der Waals surface area contributed by atoms with Crippen molar-refractivity contribution >= 4 is 29.1 Å². The molecule has 1 atom stereocenters. The Morgan fingerprint density at radius 2 is 1.64 bits per heavy atom. The zero-order valence-corrected chi connectivity index (χ0v) is 20.4. The van der Waals surface area contributed by atoms with Crippen LogP contribution in [0.25, 0.3) is 5.76 Å². The summed E-state index contributed by atoms with van der Waals surface area (Å²) < 4.78 is 19.1. The van der Waals surface area contributed by atoms with Crippen molar-refractivity contribution in [3.63, 3.8) is 0 Å². The van der Waals surface area contributed by atoms with E-state index in [0.717, 1.165) is 5.56 Å². The molecule has 0 spiro atoms. The van der Waals surface area contributed by atoms with E-state index in [4.69, 9.17) is 4.74 Å². The standard InChI is InChI=1S/C29H26FNO5/c1-16(2)36-29(35)19-8-11-22(12-9-19)31-25(20-7-5-6-17(3)14-20)24(27(33)28(31)34)26(32)21-10-13-23(30)18(4)15-21/h5-16,25,32H,1-4H3/b26-24-. The second-order valence-corrected chi connectivity index (χ2v) is 9.05. The molecule has 1 amide bonds. The van der Waals surface area contributed by atoms with Crippen molar-refractivity contribution in [3.05, 3.63) is 106 Å². The van der Waals surface area contributed by atoms with Crippen LogP contribution in [-0.2, 0) is 14.3 Å². The van der Waals surface area contributed by atoms with Crippen LogP contribution in [0.1, 0.15) is 52.5 Å². The number of anilines is 1. The zero-order valence-electron chi connectivity index (χ0n) is 20.4. The topological polar surface area (TPSA) is 83.9 Å². The monoisotopic (exact) mass is 487 g/mol. The number of hydrogen-bond acceptors (Lipinski definition) is 5. The Bertz CT molecular complexity index is 1390. The molecule has 1 fully saturated rings. The number of hydrogen-bond donors (Lipinski definition) is 1. The van der Waals surface area contributed by atoms with Gasteiger partial charge in [0.05, 0.1) is 23.3 Å². The molecule has 7 heteroatoms. The van der Waals surface area contributed by atoms with Gasteiger partial charge in [-0.3, -0.25) is 14.5 Å². The summed E-state index contributed by atoms with van der Waals surface area (Å²) >= 11 is 0. The number of Topliss-reactive ketones (excluding diaryl/α,β-unsaturated/α-hetero) is 1. The maximum Gasteiger partial charge on any atom is 0.338 e. The number of nitrogens with zero attached hydrogens (tertiary/aromatic N) is 1. The van der Waals surface area contributed by atoms with Gasteiger partial charge in [0, 0.05) is 11.3 Å². The van der Waals surface area contributed by atoms with Gasteiger partial charge in [-0.25, -0.2) is 9.18 Å². The number of rotatable bonds is 5. The van der Waals surface area contributed by atoms with Crippen molar-refractivity contribution in [2.75, 3.05) is 4.90 Å². The number of halogens is 1. The van der Waals surface area contributed by atoms with Gasteiger partial charge in [0.15, 0.2) is 0 Å². The lowest BCUT2D eigenvalue weighted by atomic mass is 9.94. The van der Waals surface area contributed by atoms with E-state index in [1.807, 2.05) is 19.1 Å². The van der Waals surface area contributed by atoms with E-state index in [1.165, 1.54) is 35.2 Å². The van der Waals surface area contributed by atoms with Gasteiger partial charge in [-0.05, 0) is 81.3 Å². The Labute approximate surface area is 208 Å². The van der Waals surface area contributed by atoms with Crippen LogP contribution >= 0.6 is 0 Å². The van der Waals surface area contributed by atoms with Crippen molar-refractivity contribution in [2.45, 2.75) is 39.8 Å². The predicted octanol–water partition coefficient (Wildman–Crippen LogP) is 5.63. The highest BCUT2D eigenvalue weighted by Crippen LogP contribution is 2.42. The minimum Gasteiger partial charge on any atom is -0.507 e. The lowest BCUT2D eigenvalue weighted by Gasteiger charge is -2.26. The number of esters is 1. The quantitative estimate of drug-likeness (QED) is 0.218. The molecule has 3 aromatic rings. The molecule has 0 aliphatic carbocycles. The molecule has 36 heavy (non-hydrogen) atoms. The van der Waals surface area contributed by atoms with Crippen LogP contribution in [0.2, 0.25) is 0 Å². The number of ketones is 1. The fourth-order valence-electron chi connectivity index (χ4n) is 4.24. The summed E-state index contributed by atoms with van der Waals surface area (Å²) in [5.41, 5.74) is 2.64. The Morgan fingerprint density at radius 1 is 0.972 bits per heavy atom. The van der Waals surface area contributed by atoms with Crippen LogP contribution in [0.5, 0.6) is 0 Å². The molecule has 0 saturated carbocycles. The molecule has 1 N–H and O–H groups in total. The first-order valence-electron chi connectivity index (χ1n) is 11.5. The first-order valence-corrected chi connectivity index (χ1v) is 11.5. The predicted molar refractivity (Wildman–Crippen MR) is 134 cm³/mol. The summed E-state index contributed by atoms with van der Waals surface area (Å²) in [5, 5.41) is 11.2. The molecule has 6 nitrogen and oxygen atoms in total. The highest BCUT2D eigenvalue weighted by atomic mass is 19.1. The van der Waals surface area contributed by atoms with Crippen molar-refractivity contribution in [2.24, 2.45) is 0 Å². The van der Waals surface area contributed by atoms with Crippen molar-refractivity contribution in [1.29, 1.82) is 0 Å². The second kappa shape index (κ2) is 9.77. The number of ether oxygens (including phenoxy) is 1. The average Bonchev–Trinajstić information content (AvgIpc) is 3.10. The molecule has 184 valence electrons. The highest BCUT2D eigenvalue weighted by Gasteiger charge is 2.47. The van der Waals surface area contributed by atoms with E-state index >= 15 is 0 Å². The summed E-state index contributed by atoms with van der Waals surface area (Å²) in [6.45, 7) is 6.93. The summed E-state index contributed by atoms with van der Waals surface area (Å²) in [6.07, 6.45) is -0.286. The third-order valence-corrected chi connectivity index (χ3v) is 5.96. The van der Waals surface area contributed by atoms with E-state index in [1.54, 1.807) is 45.0 Å². The minimum atomic E-state index is -0.927. The number of aliphatic hydroxyl groups excluding tert-OH is 1. The third-order valence-electron chi connectivity index (χ3n) is 5.96. The van der Waals surface area contributed by atoms with Crippen molar-refractivity contribution < 1.29 is 28.6 Å². The van der Waals surface area contributed by atoms with E-state index in [9.17, 15) is 23.9 Å². The second-order valence-electron chi connectivity index (χ2n) is 9.05. The molecule has 1 unspecified atom stereocenters. The van der Waals surface area contributed by atoms with Crippen LogP contribution in [0.3, 0.4) is 0 Å². The van der Waals surface area contributed by atoms with Crippen LogP contribution in [0.4, 0.5) is 10.1 Å². The summed E-state index contributed by atoms with van der Waals surface area (Å²) in [5.74, 6) is -3.01. The molecule has 1 saturated heterocycles. The Morgan fingerprint density at radius 3 is 2.25 bits per heavy atom. The van der Waals surface area contributed by atoms with Crippen LogP contribution in [0, 0.1) is 19.7 Å². The zero-order chi connectivity index (χ0) is 26.1. The number of carbonyl (C=O) groups is 3. The first kappa shape index (κ1) is 24.9. The lowest BCUT2D eigenvalue weighted by Crippen LogP contribution is -2.29. The molecule has 4 rings (SSSR count). The smallest absolute Gasteiger partial charge is 0.338 e. The van der Waals surface area contributed by atoms with Crippen molar-refractivity contribution in [1.82, 2.24) is 0 Å². The van der Waals surface area contributed by atoms with Crippen LogP contribution in [0.15, 0.2) is 72.3 Å². The number of carbonyl (C=O) groups excluding carboxylic acids is 3. The average molecular weight is 488 g/mol. The van der Waals surface area contributed by atoms with E-state index < -0.39 is 29.5 Å². The molecule has 3 aromatic carbocycles.